The molecule has 1 atom stereocenters. The number of hydrogen-bond donors (Lipinski definition) is 1. The third-order valence-electron chi connectivity index (χ3n) is 4.46. The smallest absolute Gasteiger partial charge is 0.307 e. The van der Waals surface area contributed by atoms with E-state index in [0.717, 1.165) is 32.1 Å². The number of carbonyl (C=O) groups excluding carboxylic acids is 1. The van der Waals surface area contributed by atoms with Crippen molar-refractivity contribution in [1.82, 2.24) is 4.57 Å². The first-order chi connectivity index (χ1) is 13.6. The van der Waals surface area contributed by atoms with Crippen LogP contribution in [0.4, 0.5) is 11.4 Å². The second-order valence-electron chi connectivity index (χ2n) is 6.54. The number of amides is 1. The fourth-order valence-corrected chi connectivity index (χ4v) is 5.10. The average molecular weight is 436 g/mol. The summed E-state index contributed by atoms with van der Waals surface area (Å²) in [7, 11) is -0.582. The molecule has 0 saturated carbocycles. The van der Waals surface area contributed by atoms with Crippen molar-refractivity contribution in [3.8, 4) is 5.75 Å². The van der Waals surface area contributed by atoms with Gasteiger partial charge in [0.1, 0.15) is 11.8 Å². The Kier molecular flexibility index (Phi) is 5.67. The van der Waals surface area contributed by atoms with E-state index in [-0.39, 0.29) is 4.87 Å². The van der Waals surface area contributed by atoms with Crippen LogP contribution in [-0.4, -0.2) is 38.3 Å². The predicted molar refractivity (Wildman–Crippen MR) is 115 cm³/mol. The van der Waals surface area contributed by atoms with Crippen molar-refractivity contribution in [3.63, 3.8) is 0 Å². The van der Waals surface area contributed by atoms with Crippen LogP contribution in [-0.2, 0) is 21.9 Å². The van der Waals surface area contributed by atoms with Crippen LogP contribution in [0.2, 0.25) is 0 Å². The van der Waals surface area contributed by atoms with E-state index in [4.69, 9.17) is 4.74 Å². The minimum absolute atomic E-state index is 0.0990. The lowest BCUT2D eigenvalue weighted by molar-refractivity contribution is -0.116. The Hall–Kier alpha value is -2.85. The zero-order valence-corrected chi connectivity index (χ0v) is 18.0. The SMILES string of the molecule is COc1cccc(N(C(C)C(=O)Nc2ccc3c(c2)sc(=O)n3C)S(C)(=O)=O)c1. The number of carbonyl (C=O) groups is 1. The lowest BCUT2D eigenvalue weighted by Gasteiger charge is -2.28. The fourth-order valence-electron chi connectivity index (χ4n) is 3.01. The zero-order chi connectivity index (χ0) is 21.3. The molecule has 154 valence electrons. The van der Waals surface area contributed by atoms with E-state index in [1.54, 1.807) is 49.5 Å². The first-order valence-corrected chi connectivity index (χ1v) is 11.3. The van der Waals surface area contributed by atoms with E-state index in [0.29, 0.717) is 17.1 Å². The lowest BCUT2D eigenvalue weighted by Crippen LogP contribution is -2.45. The number of aryl methyl sites for hydroxylation is 1. The maximum absolute atomic E-state index is 12.8. The number of ether oxygens (including phenoxy) is 1. The molecule has 3 aromatic rings. The molecule has 29 heavy (non-hydrogen) atoms. The first-order valence-electron chi connectivity index (χ1n) is 8.65. The fraction of sp³-hybridized carbons (Fsp3) is 0.263. The number of benzene rings is 2. The van der Waals surface area contributed by atoms with Gasteiger partial charge in [-0.05, 0) is 37.3 Å². The molecule has 0 saturated heterocycles. The van der Waals surface area contributed by atoms with Gasteiger partial charge in [-0.3, -0.25) is 13.9 Å². The third-order valence-corrected chi connectivity index (χ3v) is 6.69. The quantitative estimate of drug-likeness (QED) is 0.641. The molecular weight excluding hydrogens is 414 g/mol. The molecule has 3 rings (SSSR count). The highest BCUT2D eigenvalue weighted by atomic mass is 32.2. The van der Waals surface area contributed by atoms with Gasteiger partial charge in [0.25, 0.3) is 0 Å². The van der Waals surface area contributed by atoms with Crippen molar-refractivity contribution in [1.29, 1.82) is 0 Å². The Balaban J connectivity index is 1.90. The standard InChI is InChI=1S/C19H21N3O5S2/c1-12(22(29(4,25)26)14-6-5-7-15(11-14)27-3)18(23)20-13-8-9-16-17(10-13)28-19(24)21(16)2/h5-12H,1-4H3,(H,20,23). The molecule has 1 aromatic heterocycles. The van der Waals surface area contributed by atoms with E-state index in [1.807, 2.05) is 0 Å². The summed E-state index contributed by atoms with van der Waals surface area (Å²) in [5.74, 6) is -0.0194. The molecule has 0 aliphatic rings. The molecule has 10 heteroatoms. The Bertz CT molecular complexity index is 1230. The maximum atomic E-state index is 12.8. The first kappa shape index (κ1) is 20.9. The number of aromatic nitrogens is 1. The molecule has 0 aliphatic carbocycles. The number of thiazole rings is 1. The molecule has 0 fully saturated rings. The highest BCUT2D eigenvalue weighted by Gasteiger charge is 2.29. The number of rotatable bonds is 6. The molecule has 1 amide bonds. The molecule has 0 bridgehead atoms. The number of nitrogens with zero attached hydrogens (tertiary/aromatic N) is 2. The molecule has 0 radical (unpaired) electrons. The van der Waals surface area contributed by atoms with Gasteiger partial charge in [0.2, 0.25) is 15.9 Å². The number of nitrogens with one attached hydrogen (secondary N) is 1. The van der Waals surface area contributed by atoms with Crippen LogP contribution in [0.25, 0.3) is 10.2 Å². The second-order valence-corrected chi connectivity index (χ2v) is 9.39. The van der Waals surface area contributed by atoms with Crippen LogP contribution in [0.3, 0.4) is 0 Å². The highest BCUT2D eigenvalue weighted by Crippen LogP contribution is 2.26. The largest absolute Gasteiger partial charge is 0.497 e. The summed E-state index contributed by atoms with van der Waals surface area (Å²) in [5, 5.41) is 2.73. The lowest BCUT2D eigenvalue weighted by atomic mass is 10.2. The van der Waals surface area contributed by atoms with Crippen LogP contribution >= 0.6 is 11.3 Å². The molecule has 1 N–H and O–H groups in total. The zero-order valence-electron chi connectivity index (χ0n) is 16.4. The highest BCUT2D eigenvalue weighted by molar-refractivity contribution is 7.92. The van der Waals surface area contributed by atoms with Crippen LogP contribution in [0.5, 0.6) is 5.75 Å². The van der Waals surface area contributed by atoms with Crippen LogP contribution in [0.15, 0.2) is 47.3 Å². The summed E-state index contributed by atoms with van der Waals surface area (Å²) in [6, 6.07) is 10.6. The minimum atomic E-state index is -3.74. The molecular formula is C19H21N3O5S2. The van der Waals surface area contributed by atoms with E-state index in [1.165, 1.54) is 18.6 Å². The number of sulfonamides is 1. The van der Waals surface area contributed by atoms with Crippen molar-refractivity contribution in [2.75, 3.05) is 23.0 Å². The Morgan fingerprint density at radius 2 is 1.97 bits per heavy atom. The van der Waals surface area contributed by atoms with Gasteiger partial charge in [-0.1, -0.05) is 17.4 Å². The van der Waals surface area contributed by atoms with Gasteiger partial charge < -0.3 is 14.6 Å². The number of fused-ring (bicyclic) bond motifs is 1. The molecule has 1 heterocycles. The molecule has 0 aliphatic heterocycles. The topological polar surface area (TPSA) is 97.7 Å². The van der Waals surface area contributed by atoms with Gasteiger partial charge in [-0.2, -0.15) is 0 Å². The second kappa shape index (κ2) is 7.88. The van der Waals surface area contributed by atoms with Crippen LogP contribution < -0.4 is 19.2 Å². The van der Waals surface area contributed by atoms with Crippen molar-refractivity contribution < 1.29 is 17.9 Å². The average Bonchev–Trinajstić information content (AvgIpc) is 2.94. The van der Waals surface area contributed by atoms with Crippen molar-refractivity contribution >= 4 is 48.9 Å². The number of anilines is 2. The van der Waals surface area contributed by atoms with Crippen LogP contribution in [0, 0.1) is 0 Å². The van der Waals surface area contributed by atoms with Gasteiger partial charge in [0, 0.05) is 18.8 Å². The number of hydrogen-bond acceptors (Lipinski definition) is 6. The van der Waals surface area contributed by atoms with Gasteiger partial charge in [-0.25, -0.2) is 8.42 Å². The summed E-state index contributed by atoms with van der Waals surface area (Å²) in [4.78, 5) is 24.5. The van der Waals surface area contributed by atoms with E-state index in [2.05, 4.69) is 5.32 Å². The van der Waals surface area contributed by atoms with Crippen molar-refractivity contribution in [2.24, 2.45) is 7.05 Å². The Morgan fingerprint density at radius 3 is 2.62 bits per heavy atom. The van der Waals surface area contributed by atoms with Crippen LogP contribution in [0.1, 0.15) is 6.92 Å². The number of methoxy groups -OCH3 is 1. The monoisotopic (exact) mass is 435 g/mol. The maximum Gasteiger partial charge on any atom is 0.307 e. The summed E-state index contributed by atoms with van der Waals surface area (Å²) in [6.07, 6.45) is 1.05. The van der Waals surface area contributed by atoms with Gasteiger partial charge >= 0.3 is 4.87 Å². The molecule has 1 unspecified atom stereocenters. The Morgan fingerprint density at radius 1 is 1.24 bits per heavy atom. The summed E-state index contributed by atoms with van der Waals surface area (Å²) in [6.45, 7) is 1.51. The van der Waals surface area contributed by atoms with Gasteiger partial charge in [0.05, 0.1) is 29.3 Å². The predicted octanol–water partition coefficient (Wildman–Crippen LogP) is 2.40. The van der Waals surface area contributed by atoms with E-state index < -0.39 is 22.0 Å². The normalized spacial score (nSPS) is 12.6. The summed E-state index contributed by atoms with van der Waals surface area (Å²) < 4.78 is 33.3. The van der Waals surface area contributed by atoms with E-state index in [9.17, 15) is 18.0 Å². The molecule has 0 spiro atoms. The summed E-state index contributed by atoms with van der Waals surface area (Å²) >= 11 is 1.08. The minimum Gasteiger partial charge on any atom is -0.497 e. The molecule has 8 nitrogen and oxygen atoms in total. The summed E-state index contributed by atoms with van der Waals surface area (Å²) in [5.41, 5.74) is 1.57. The van der Waals surface area contributed by atoms with Gasteiger partial charge in [-0.15, -0.1) is 0 Å². The Labute approximate surface area is 172 Å². The van der Waals surface area contributed by atoms with Crippen molar-refractivity contribution in [3.05, 3.63) is 52.1 Å². The van der Waals surface area contributed by atoms with Gasteiger partial charge in [0.15, 0.2) is 0 Å². The molecule has 2 aromatic carbocycles. The van der Waals surface area contributed by atoms with E-state index >= 15 is 0 Å². The van der Waals surface area contributed by atoms with Crippen molar-refractivity contribution in [2.45, 2.75) is 13.0 Å². The third kappa shape index (κ3) is 4.28.